The molecule has 1 saturated heterocycles. The largest absolute Gasteiger partial charge is 0.365 e. The minimum atomic E-state index is 0.284. The summed E-state index contributed by atoms with van der Waals surface area (Å²) in [7, 11) is 0. The Hall–Kier alpha value is 0.01000. The lowest BCUT2D eigenvalue weighted by atomic mass is 10.5. The van der Waals surface area contributed by atoms with Crippen LogP contribution >= 0.6 is 11.8 Å². The van der Waals surface area contributed by atoms with Crippen molar-refractivity contribution in [2.75, 3.05) is 19.7 Å². The third-order valence-corrected chi connectivity index (χ3v) is 2.19. The van der Waals surface area contributed by atoms with Crippen LogP contribution in [-0.4, -0.2) is 25.1 Å². The van der Waals surface area contributed by atoms with Crippen molar-refractivity contribution in [2.24, 2.45) is 0 Å². The zero-order valence-corrected chi connectivity index (χ0v) is 7.04. The normalized spacial score (nSPS) is 26.3. The summed E-state index contributed by atoms with van der Waals surface area (Å²) in [4.78, 5) is 1.12. The molecular weight excluding hydrogens is 146 g/mol. The minimum absolute atomic E-state index is 0.284. The first-order valence-electron chi connectivity index (χ1n) is 3.43. The molecule has 1 N–H and O–H groups in total. The molecule has 0 amide bonds. The molecule has 0 aliphatic carbocycles. The molecule has 1 atom stereocenters. The Balaban J connectivity index is 2.19. The number of hydrogen-bond donors (Lipinski definition) is 1. The van der Waals surface area contributed by atoms with Gasteiger partial charge in [-0.25, -0.2) is 0 Å². The molecule has 1 fully saturated rings. The van der Waals surface area contributed by atoms with Gasteiger partial charge >= 0.3 is 0 Å². The van der Waals surface area contributed by atoms with Gasteiger partial charge in [0.05, 0.1) is 6.61 Å². The van der Waals surface area contributed by atoms with E-state index >= 15 is 0 Å². The number of nitrogens with one attached hydrogen (secondary N) is 1. The topological polar surface area (TPSA) is 21.3 Å². The number of thioether (sulfide) groups is 1. The molecule has 2 nitrogen and oxygen atoms in total. The zero-order valence-electron chi connectivity index (χ0n) is 6.22. The summed E-state index contributed by atoms with van der Waals surface area (Å²) in [5.41, 5.74) is 0.284. The standard InChI is InChI=1S/C7H13NOS/c1-6(2)10-7-5-8-3-4-9-7/h7-8H,1,3-5H2,2H3. The van der Waals surface area contributed by atoms with Gasteiger partial charge in [-0.2, -0.15) is 0 Å². The van der Waals surface area contributed by atoms with Crippen LogP contribution in [0.3, 0.4) is 0 Å². The van der Waals surface area contributed by atoms with Gasteiger partial charge in [0, 0.05) is 13.1 Å². The highest BCUT2D eigenvalue weighted by Crippen LogP contribution is 2.20. The first kappa shape index (κ1) is 8.11. The first-order chi connectivity index (χ1) is 4.79. The monoisotopic (exact) mass is 159 g/mol. The van der Waals surface area contributed by atoms with Crippen molar-refractivity contribution >= 4 is 11.8 Å². The molecule has 1 aliphatic rings. The Labute approximate surface area is 66.0 Å². The third kappa shape index (κ3) is 2.73. The van der Waals surface area contributed by atoms with E-state index in [-0.39, 0.29) is 5.44 Å². The zero-order chi connectivity index (χ0) is 7.40. The van der Waals surface area contributed by atoms with E-state index in [0.29, 0.717) is 0 Å². The average molecular weight is 159 g/mol. The van der Waals surface area contributed by atoms with Gasteiger partial charge in [-0.1, -0.05) is 18.3 Å². The quantitative estimate of drug-likeness (QED) is 0.654. The van der Waals surface area contributed by atoms with Crippen LogP contribution in [-0.2, 0) is 4.74 Å². The number of allylic oxidation sites excluding steroid dienone is 1. The predicted octanol–water partition coefficient (Wildman–Crippen LogP) is 1.20. The smallest absolute Gasteiger partial charge is 0.119 e. The van der Waals surface area contributed by atoms with Crippen LogP contribution in [0, 0.1) is 0 Å². The van der Waals surface area contributed by atoms with E-state index in [1.807, 2.05) is 6.92 Å². The number of rotatable bonds is 2. The summed E-state index contributed by atoms with van der Waals surface area (Å²) in [6.07, 6.45) is 0. The summed E-state index contributed by atoms with van der Waals surface area (Å²) < 4.78 is 5.43. The lowest BCUT2D eigenvalue weighted by Gasteiger charge is -2.22. The summed E-state index contributed by atoms with van der Waals surface area (Å²) in [5.74, 6) is 0. The van der Waals surface area contributed by atoms with Gasteiger partial charge in [-0.3, -0.25) is 0 Å². The minimum Gasteiger partial charge on any atom is -0.365 e. The van der Waals surface area contributed by atoms with E-state index in [1.54, 1.807) is 11.8 Å². The molecule has 1 rings (SSSR count). The second-order valence-corrected chi connectivity index (χ2v) is 3.78. The van der Waals surface area contributed by atoms with Crippen LogP contribution in [0.1, 0.15) is 6.92 Å². The fraction of sp³-hybridized carbons (Fsp3) is 0.714. The van der Waals surface area contributed by atoms with E-state index < -0.39 is 0 Å². The molecule has 1 aliphatic heterocycles. The van der Waals surface area contributed by atoms with Crippen LogP contribution in [0.25, 0.3) is 0 Å². The van der Waals surface area contributed by atoms with Crippen LogP contribution in [0.2, 0.25) is 0 Å². The predicted molar refractivity (Wildman–Crippen MR) is 45.0 cm³/mol. The van der Waals surface area contributed by atoms with Gasteiger partial charge in [0.25, 0.3) is 0 Å². The van der Waals surface area contributed by atoms with Crippen LogP contribution in [0.5, 0.6) is 0 Å². The van der Waals surface area contributed by atoms with Gasteiger partial charge in [0.15, 0.2) is 0 Å². The molecule has 0 spiro atoms. The van der Waals surface area contributed by atoms with E-state index in [4.69, 9.17) is 4.74 Å². The first-order valence-corrected chi connectivity index (χ1v) is 4.31. The maximum Gasteiger partial charge on any atom is 0.119 e. The van der Waals surface area contributed by atoms with Crippen LogP contribution in [0.15, 0.2) is 11.5 Å². The molecule has 0 bridgehead atoms. The molecule has 0 aromatic carbocycles. The van der Waals surface area contributed by atoms with Crippen molar-refractivity contribution < 1.29 is 4.74 Å². The Morgan fingerprint density at radius 2 is 2.60 bits per heavy atom. The number of hydrogen-bond acceptors (Lipinski definition) is 3. The highest BCUT2D eigenvalue weighted by molar-refractivity contribution is 8.03. The second kappa shape index (κ2) is 4.01. The Morgan fingerprint density at radius 1 is 1.80 bits per heavy atom. The molecule has 58 valence electrons. The fourth-order valence-electron chi connectivity index (χ4n) is 0.841. The van der Waals surface area contributed by atoms with Crippen LogP contribution < -0.4 is 5.32 Å². The maximum atomic E-state index is 5.43. The van der Waals surface area contributed by atoms with E-state index in [2.05, 4.69) is 11.9 Å². The lowest BCUT2D eigenvalue weighted by Crippen LogP contribution is -2.36. The van der Waals surface area contributed by atoms with E-state index in [1.165, 1.54) is 0 Å². The molecule has 0 aromatic rings. The molecule has 1 heterocycles. The van der Waals surface area contributed by atoms with Crippen molar-refractivity contribution in [2.45, 2.75) is 12.4 Å². The van der Waals surface area contributed by atoms with Gasteiger partial charge in [-0.05, 0) is 11.8 Å². The Kier molecular flexibility index (Phi) is 3.25. The van der Waals surface area contributed by atoms with Crippen molar-refractivity contribution in [1.29, 1.82) is 0 Å². The van der Waals surface area contributed by atoms with Crippen LogP contribution in [0.4, 0.5) is 0 Å². The number of morpholine rings is 1. The lowest BCUT2D eigenvalue weighted by molar-refractivity contribution is 0.0856. The van der Waals surface area contributed by atoms with Gasteiger partial charge in [0.1, 0.15) is 5.44 Å². The molecule has 3 heteroatoms. The van der Waals surface area contributed by atoms with Gasteiger partial charge in [-0.15, -0.1) is 0 Å². The Morgan fingerprint density at radius 3 is 3.10 bits per heavy atom. The highest BCUT2D eigenvalue weighted by Gasteiger charge is 2.12. The van der Waals surface area contributed by atoms with Gasteiger partial charge < -0.3 is 10.1 Å². The molecule has 0 aromatic heterocycles. The highest BCUT2D eigenvalue weighted by atomic mass is 32.2. The number of ether oxygens (including phenoxy) is 1. The van der Waals surface area contributed by atoms with Crippen molar-refractivity contribution in [3.63, 3.8) is 0 Å². The van der Waals surface area contributed by atoms with Crippen molar-refractivity contribution in [3.05, 3.63) is 11.5 Å². The maximum absolute atomic E-state index is 5.43. The summed E-state index contributed by atoms with van der Waals surface area (Å²) >= 11 is 1.70. The van der Waals surface area contributed by atoms with Crippen molar-refractivity contribution in [3.8, 4) is 0 Å². The third-order valence-electron chi connectivity index (χ3n) is 1.23. The summed E-state index contributed by atoms with van der Waals surface area (Å²) in [5, 5.41) is 3.25. The summed E-state index contributed by atoms with van der Waals surface area (Å²) in [6.45, 7) is 8.55. The summed E-state index contributed by atoms with van der Waals surface area (Å²) in [6, 6.07) is 0. The molecule has 1 unspecified atom stereocenters. The molecule has 0 saturated carbocycles. The van der Waals surface area contributed by atoms with E-state index in [9.17, 15) is 0 Å². The van der Waals surface area contributed by atoms with E-state index in [0.717, 1.165) is 24.6 Å². The molecular formula is C7H13NOS. The SMILES string of the molecule is C=C(C)SC1CNCCO1. The van der Waals surface area contributed by atoms with Gasteiger partial charge in [0.2, 0.25) is 0 Å². The second-order valence-electron chi connectivity index (χ2n) is 2.32. The molecule has 10 heavy (non-hydrogen) atoms. The van der Waals surface area contributed by atoms with Crippen molar-refractivity contribution in [1.82, 2.24) is 5.32 Å². The molecule has 0 radical (unpaired) electrons. The average Bonchev–Trinajstić information content (AvgIpc) is 1.88. The Bertz CT molecular complexity index is 121. The fourth-order valence-corrected chi connectivity index (χ4v) is 1.66.